The van der Waals surface area contributed by atoms with Crippen molar-refractivity contribution < 1.29 is 14.0 Å². The Morgan fingerprint density at radius 3 is 2.83 bits per heavy atom. The molecule has 0 spiro atoms. The molecule has 1 fully saturated rings. The number of rotatable bonds is 3. The highest BCUT2D eigenvalue weighted by Gasteiger charge is 2.33. The smallest absolute Gasteiger partial charge is 0.264 e. The maximum absolute atomic E-state index is 13.2. The number of anilines is 1. The lowest BCUT2D eigenvalue weighted by Gasteiger charge is -2.34. The van der Waals surface area contributed by atoms with E-state index in [9.17, 15) is 14.0 Å². The Bertz CT molecular complexity index is 745. The third kappa shape index (κ3) is 3.48. The molecule has 2 heterocycles. The van der Waals surface area contributed by atoms with E-state index in [0.717, 1.165) is 12.8 Å². The highest BCUT2D eigenvalue weighted by atomic mass is 32.1. The van der Waals surface area contributed by atoms with Crippen LogP contribution in [0.2, 0.25) is 0 Å². The van der Waals surface area contributed by atoms with Crippen LogP contribution in [0.5, 0.6) is 0 Å². The Morgan fingerprint density at radius 2 is 2.12 bits per heavy atom. The number of amides is 2. The Hall–Kier alpha value is -2.21. The molecule has 4 nitrogen and oxygen atoms in total. The molecule has 2 aromatic rings. The van der Waals surface area contributed by atoms with Crippen LogP contribution in [0.3, 0.4) is 0 Å². The van der Waals surface area contributed by atoms with Gasteiger partial charge in [0.05, 0.1) is 4.88 Å². The van der Waals surface area contributed by atoms with Gasteiger partial charge in [-0.25, -0.2) is 4.39 Å². The summed E-state index contributed by atoms with van der Waals surface area (Å²) in [5.41, 5.74) is 1.24. The van der Waals surface area contributed by atoms with Crippen LogP contribution in [0, 0.1) is 12.7 Å². The third-order valence-electron chi connectivity index (χ3n) is 4.24. The Balaban J connectivity index is 1.77. The molecule has 24 heavy (non-hydrogen) atoms. The van der Waals surface area contributed by atoms with E-state index in [1.165, 1.54) is 23.5 Å². The molecule has 0 saturated carbocycles. The van der Waals surface area contributed by atoms with E-state index < -0.39 is 6.04 Å². The Morgan fingerprint density at radius 1 is 1.29 bits per heavy atom. The number of carbonyl (C=O) groups is 2. The van der Waals surface area contributed by atoms with Crippen LogP contribution in [0.25, 0.3) is 0 Å². The summed E-state index contributed by atoms with van der Waals surface area (Å²) in [6, 6.07) is 7.37. The molecule has 0 radical (unpaired) electrons. The summed E-state index contributed by atoms with van der Waals surface area (Å²) in [6.07, 6.45) is 2.45. The van der Waals surface area contributed by atoms with Gasteiger partial charge in [0.1, 0.15) is 11.9 Å². The molecule has 6 heteroatoms. The maximum atomic E-state index is 13.2. The van der Waals surface area contributed by atoms with Crippen molar-refractivity contribution in [1.29, 1.82) is 0 Å². The number of carbonyl (C=O) groups excluding carboxylic acids is 2. The van der Waals surface area contributed by atoms with E-state index >= 15 is 0 Å². The van der Waals surface area contributed by atoms with Gasteiger partial charge in [0.2, 0.25) is 5.91 Å². The number of hydrogen-bond donors (Lipinski definition) is 1. The number of benzene rings is 1. The minimum Gasteiger partial charge on any atom is -0.326 e. The lowest BCUT2D eigenvalue weighted by Crippen LogP contribution is -2.49. The molecular formula is C18H19FN2O2S. The largest absolute Gasteiger partial charge is 0.326 e. The second-order valence-corrected chi connectivity index (χ2v) is 6.88. The maximum Gasteiger partial charge on any atom is 0.264 e. The van der Waals surface area contributed by atoms with Gasteiger partial charge in [-0.15, -0.1) is 11.3 Å². The molecule has 1 N–H and O–H groups in total. The SMILES string of the molecule is Cc1cc(F)ccc1NC(=O)C1CCCCN1C(=O)c1cccs1. The summed E-state index contributed by atoms with van der Waals surface area (Å²) >= 11 is 1.38. The highest BCUT2D eigenvalue weighted by Crippen LogP contribution is 2.24. The predicted molar refractivity (Wildman–Crippen MR) is 92.8 cm³/mol. The summed E-state index contributed by atoms with van der Waals surface area (Å²) in [5, 5.41) is 4.70. The summed E-state index contributed by atoms with van der Waals surface area (Å²) in [7, 11) is 0. The van der Waals surface area contributed by atoms with E-state index in [0.29, 0.717) is 29.1 Å². The topological polar surface area (TPSA) is 49.4 Å². The number of aryl methyl sites for hydroxylation is 1. The van der Waals surface area contributed by atoms with Gasteiger partial charge in [-0.3, -0.25) is 9.59 Å². The predicted octanol–water partition coefficient (Wildman–Crippen LogP) is 3.83. The van der Waals surface area contributed by atoms with Crippen LogP contribution >= 0.6 is 11.3 Å². The summed E-state index contributed by atoms with van der Waals surface area (Å²) in [5.74, 6) is -0.646. The van der Waals surface area contributed by atoms with Gasteiger partial charge in [0.15, 0.2) is 0 Å². The van der Waals surface area contributed by atoms with Crippen molar-refractivity contribution in [2.45, 2.75) is 32.2 Å². The number of nitrogens with zero attached hydrogens (tertiary/aromatic N) is 1. The Labute approximate surface area is 144 Å². The van der Waals surface area contributed by atoms with E-state index in [1.807, 2.05) is 11.4 Å². The number of hydrogen-bond acceptors (Lipinski definition) is 3. The molecule has 1 aromatic carbocycles. The van der Waals surface area contributed by atoms with Crippen LogP contribution in [0.1, 0.15) is 34.5 Å². The highest BCUT2D eigenvalue weighted by molar-refractivity contribution is 7.12. The molecule has 2 amide bonds. The van der Waals surface area contributed by atoms with Crippen LogP contribution < -0.4 is 5.32 Å². The van der Waals surface area contributed by atoms with Gasteiger partial charge in [0.25, 0.3) is 5.91 Å². The average molecular weight is 346 g/mol. The molecule has 1 aliphatic rings. The fraction of sp³-hybridized carbons (Fsp3) is 0.333. The second-order valence-electron chi connectivity index (χ2n) is 5.94. The molecule has 0 bridgehead atoms. The molecular weight excluding hydrogens is 327 g/mol. The van der Waals surface area contributed by atoms with Gasteiger partial charge in [-0.05, 0) is 61.4 Å². The minimum absolute atomic E-state index is 0.0966. The number of likely N-dealkylation sites (tertiary alicyclic amines) is 1. The monoisotopic (exact) mass is 346 g/mol. The number of thiophene rings is 1. The van der Waals surface area contributed by atoms with Gasteiger partial charge in [-0.2, -0.15) is 0 Å². The Kier molecular flexibility index (Phi) is 4.94. The van der Waals surface area contributed by atoms with Crippen molar-refractivity contribution in [3.8, 4) is 0 Å². The minimum atomic E-state index is -0.488. The van der Waals surface area contributed by atoms with Crippen molar-refractivity contribution >= 4 is 28.8 Å². The quantitative estimate of drug-likeness (QED) is 0.918. The molecule has 126 valence electrons. The first-order chi connectivity index (χ1) is 11.6. The zero-order valence-electron chi connectivity index (χ0n) is 13.4. The van der Waals surface area contributed by atoms with Crippen LogP contribution in [-0.2, 0) is 4.79 Å². The van der Waals surface area contributed by atoms with E-state index in [4.69, 9.17) is 0 Å². The molecule has 1 unspecified atom stereocenters. The van der Waals surface area contributed by atoms with E-state index in [-0.39, 0.29) is 17.6 Å². The van der Waals surface area contributed by atoms with Crippen molar-refractivity contribution in [2.75, 3.05) is 11.9 Å². The second kappa shape index (κ2) is 7.13. The molecule has 1 atom stereocenters. The normalized spacial score (nSPS) is 17.6. The average Bonchev–Trinajstić information content (AvgIpc) is 3.11. The summed E-state index contributed by atoms with van der Waals surface area (Å²) < 4.78 is 13.2. The zero-order chi connectivity index (χ0) is 17.1. The number of halogens is 1. The van der Waals surface area contributed by atoms with Gasteiger partial charge in [-0.1, -0.05) is 6.07 Å². The first-order valence-corrected chi connectivity index (χ1v) is 8.86. The standard InChI is InChI=1S/C18H19FN2O2S/c1-12-11-13(19)7-8-14(12)20-17(22)15-5-2-3-9-21(15)18(23)16-6-4-10-24-16/h4,6-8,10-11,15H,2-3,5,9H2,1H3,(H,20,22). The summed E-state index contributed by atoms with van der Waals surface area (Å²) in [4.78, 5) is 27.6. The van der Waals surface area contributed by atoms with Gasteiger partial charge >= 0.3 is 0 Å². The fourth-order valence-electron chi connectivity index (χ4n) is 2.97. The molecule has 3 rings (SSSR count). The lowest BCUT2D eigenvalue weighted by atomic mass is 10.0. The number of nitrogens with one attached hydrogen (secondary N) is 1. The summed E-state index contributed by atoms with van der Waals surface area (Å²) in [6.45, 7) is 2.32. The molecule has 1 aromatic heterocycles. The molecule has 0 aliphatic carbocycles. The lowest BCUT2D eigenvalue weighted by molar-refractivity contribution is -0.121. The van der Waals surface area contributed by atoms with Crippen molar-refractivity contribution in [3.63, 3.8) is 0 Å². The van der Waals surface area contributed by atoms with Crippen molar-refractivity contribution in [2.24, 2.45) is 0 Å². The van der Waals surface area contributed by atoms with Crippen LogP contribution in [-0.4, -0.2) is 29.3 Å². The third-order valence-corrected chi connectivity index (χ3v) is 5.10. The number of piperidine rings is 1. The van der Waals surface area contributed by atoms with Crippen molar-refractivity contribution in [1.82, 2.24) is 4.90 Å². The van der Waals surface area contributed by atoms with Crippen molar-refractivity contribution in [3.05, 3.63) is 52.0 Å². The van der Waals surface area contributed by atoms with Gasteiger partial charge < -0.3 is 10.2 Å². The first-order valence-electron chi connectivity index (χ1n) is 7.98. The van der Waals surface area contributed by atoms with E-state index in [2.05, 4.69) is 5.32 Å². The first kappa shape index (κ1) is 16.6. The zero-order valence-corrected chi connectivity index (χ0v) is 14.2. The van der Waals surface area contributed by atoms with Crippen LogP contribution in [0.4, 0.5) is 10.1 Å². The van der Waals surface area contributed by atoms with Gasteiger partial charge in [0, 0.05) is 12.2 Å². The fourth-order valence-corrected chi connectivity index (χ4v) is 3.65. The molecule has 1 saturated heterocycles. The van der Waals surface area contributed by atoms with E-state index in [1.54, 1.807) is 24.0 Å². The van der Waals surface area contributed by atoms with Crippen LogP contribution in [0.15, 0.2) is 35.7 Å². The molecule has 1 aliphatic heterocycles.